The third kappa shape index (κ3) is 4.71. The van der Waals surface area contributed by atoms with E-state index >= 15 is 0 Å². The summed E-state index contributed by atoms with van der Waals surface area (Å²) in [5.74, 6) is 1.38. The Morgan fingerprint density at radius 2 is 2.00 bits per heavy atom. The van der Waals surface area contributed by atoms with Crippen LogP contribution in [0.25, 0.3) is 0 Å². The maximum absolute atomic E-state index is 11.3. The van der Waals surface area contributed by atoms with Crippen LogP contribution in [0.4, 0.5) is 0 Å². The van der Waals surface area contributed by atoms with Gasteiger partial charge < -0.3 is 10.5 Å². The summed E-state index contributed by atoms with van der Waals surface area (Å²) >= 11 is 0. The molecule has 0 aromatic heterocycles. The van der Waals surface area contributed by atoms with E-state index in [1.165, 1.54) is 0 Å². The first-order chi connectivity index (χ1) is 6.33. The standard InChI is InChI=1S/C8H18N2O2S/c9-1-7-13(11)8-4-10-2-5-12-6-3-10/h1-9H2. The molecular formula is C8H18N2O2S. The number of hydrogen-bond acceptors (Lipinski definition) is 4. The van der Waals surface area contributed by atoms with E-state index in [1.54, 1.807) is 0 Å². The Bertz CT molecular complexity index is 160. The normalized spacial score (nSPS) is 21.6. The lowest BCUT2D eigenvalue weighted by Crippen LogP contribution is -2.38. The van der Waals surface area contributed by atoms with Crippen LogP contribution in [-0.2, 0) is 15.5 Å². The smallest absolute Gasteiger partial charge is 0.0594 e. The molecule has 1 aliphatic rings. The first kappa shape index (κ1) is 11.1. The molecule has 1 saturated heterocycles. The van der Waals surface area contributed by atoms with Crippen LogP contribution in [0.3, 0.4) is 0 Å². The third-order valence-corrected chi connectivity index (χ3v) is 3.41. The Morgan fingerprint density at radius 1 is 1.31 bits per heavy atom. The van der Waals surface area contributed by atoms with Gasteiger partial charge in [-0.1, -0.05) is 0 Å². The van der Waals surface area contributed by atoms with E-state index in [9.17, 15) is 4.21 Å². The second kappa shape index (κ2) is 6.48. The molecule has 13 heavy (non-hydrogen) atoms. The molecule has 0 bridgehead atoms. The monoisotopic (exact) mass is 206 g/mol. The number of nitrogens with zero attached hydrogens (tertiary/aromatic N) is 1. The summed E-state index contributed by atoms with van der Waals surface area (Å²) in [5, 5.41) is 0. The van der Waals surface area contributed by atoms with Gasteiger partial charge in [-0.3, -0.25) is 9.11 Å². The Hall–Kier alpha value is 0.0300. The first-order valence-electron chi connectivity index (χ1n) is 4.68. The fraction of sp³-hybridized carbons (Fsp3) is 1.00. The maximum Gasteiger partial charge on any atom is 0.0594 e. The van der Waals surface area contributed by atoms with Gasteiger partial charge in [-0.2, -0.15) is 0 Å². The summed E-state index contributed by atoms with van der Waals surface area (Å²) in [4.78, 5) is 2.29. The molecule has 0 saturated carbocycles. The Kier molecular flexibility index (Phi) is 5.54. The largest absolute Gasteiger partial charge is 0.379 e. The minimum absolute atomic E-state index is 0.524. The van der Waals surface area contributed by atoms with Crippen molar-refractivity contribution in [1.29, 1.82) is 0 Å². The molecule has 1 rings (SSSR count). The van der Waals surface area contributed by atoms with Crippen molar-refractivity contribution in [1.82, 2.24) is 4.90 Å². The summed E-state index contributed by atoms with van der Waals surface area (Å²) in [6, 6.07) is 0. The van der Waals surface area contributed by atoms with Gasteiger partial charge in [0.05, 0.1) is 13.2 Å². The second-order valence-electron chi connectivity index (χ2n) is 3.09. The van der Waals surface area contributed by atoms with Crippen molar-refractivity contribution in [3.8, 4) is 0 Å². The lowest BCUT2D eigenvalue weighted by atomic mass is 10.4. The summed E-state index contributed by atoms with van der Waals surface area (Å²) in [7, 11) is -0.729. The van der Waals surface area contributed by atoms with Crippen LogP contribution < -0.4 is 5.73 Å². The summed E-state index contributed by atoms with van der Waals surface area (Å²) < 4.78 is 16.5. The second-order valence-corrected chi connectivity index (χ2v) is 4.79. The maximum atomic E-state index is 11.3. The quantitative estimate of drug-likeness (QED) is 0.628. The SMILES string of the molecule is NCCS(=O)CCN1CCOCC1. The van der Waals surface area contributed by atoms with E-state index in [0.29, 0.717) is 12.3 Å². The minimum Gasteiger partial charge on any atom is -0.379 e. The van der Waals surface area contributed by atoms with Gasteiger partial charge in [0.2, 0.25) is 0 Å². The van der Waals surface area contributed by atoms with Crippen LogP contribution in [0.1, 0.15) is 0 Å². The van der Waals surface area contributed by atoms with E-state index in [4.69, 9.17) is 10.5 Å². The topological polar surface area (TPSA) is 55.6 Å². The van der Waals surface area contributed by atoms with Crippen LogP contribution in [-0.4, -0.2) is 60.0 Å². The van der Waals surface area contributed by atoms with E-state index in [1.807, 2.05) is 0 Å². The zero-order chi connectivity index (χ0) is 9.52. The Labute approximate surface area is 81.9 Å². The number of rotatable bonds is 5. The Balaban J connectivity index is 2.06. The molecule has 1 unspecified atom stereocenters. The third-order valence-electron chi connectivity index (χ3n) is 2.08. The zero-order valence-electron chi connectivity index (χ0n) is 7.91. The van der Waals surface area contributed by atoms with Crippen LogP contribution >= 0.6 is 0 Å². The fourth-order valence-corrected chi connectivity index (χ4v) is 2.22. The van der Waals surface area contributed by atoms with Crippen molar-refractivity contribution in [2.24, 2.45) is 5.73 Å². The molecule has 0 spiro atoms. The molecule has 0 aromatic carbocycles. The molecule has 0 aromatic rings. The van der Waals surface area contributed by atoms with Crippen molar-refractivity contribution >= 4 is 10.8 Å². The number of nitrogens with two attached hydrogens (primary N) is 1. The van der Waals surface area contributed by atoms with Gasteiger partial charge in [-0.25, -0.2) is 0 Å². The van der Waals surface area contributed by atoms with E-state index in [0.717, 1.165) is 38.6 Å². The summed E-state index contributed by atoms with van der Waals surface area (Å²) in [6.07, 6.45) is 0. The van der Waals surface area contributed by atoms with Gasteiger partial charge in [-0.05, 0) is 0 Å². The molecule has 0 amide bonds. The van der Waals surface area contributed by atoms with Gasteiger partial charge in [0.25, 0.3) is 0 Å². The molecule has 78 valence electrons. The van der Waals surface area contributed by atoms with Crippen LogP contribution in [0.2, 0.25) is 0 Å². The van der Waals surface area contributed by atoms with Gasteiger partial charge in [0.15, 0.2) is 0 Å². The summed E-state index contributed by atoms with van der Waals surface area (Å²) in [6.45, 7) is 5.00. The van der Waals surface area contributed by atoms with Crippen LogP contribution in [0.15, 0.2) is 0 Å². The highest BCUT2D eigenvalue weighted by molar-refractivity contribution is 7.85. The van der Waals surface area contributed by atoms with Crippen molar-refractivity contribution in [3.05, 3.63) is 0 Å². The van der Waals surface area contributed by atoms with Crippen LogP contribution in [0, 0.1) is 0 Å². The van der Waals surface area contributed by atoms with Crippen molar-refractivity contribution < 1.29 is 8.95 Å². The molecule has 1 aliphatic heterocycles. The Morgan fingerprint density at radius 3 is 2.62 bits per heavy atom. The van der Waals surface area contributed by atoms with Gasteiger partial charge in [0, 0.05) is 48.5 Å². The minimum atomic E-state index is -0.729. The lowest BCUT2D eigenvalue weighted by Gasteiger charge is -2.26. The van der Waals surface area contributed by atoms with E-state index < -0.39 is 10.8 Å². The molecule has 2 N–H and O–H groups in total. The predicted octanol–water partition coefficient (Wildman–Crippen LogP) is -0.974. The van der Waals surface area contributed by atoms with E-state index in [-0.39, 0.29) is 0 Å². The lowest BCUT2D eigenvalue weighted by molar-refractivity contribution is 0.0409. The highest BCUT2D eigenvalue weighted by atomic mass is 32.2. The number of ether oxygens (including phenoxy) is 1. The average Bonchev–Trinajstić information content (AvgIpc) is 2.17. The molecule has 1 heterocycles. The highest BCUT2D eigenvalue weighted by Crippen LogP contribution is 1.96. The number of morpholine rings is 1. The molecule has 1 fully saturated rings. The molecule has 1 atom stereocenters. The predicted molar refractivity (Wildman–Crippen MR) is 54.2 cm³/mol. The molecular weight excluding hydrogens is 188 g/mol. The molecule has 0 radical (unpaired) electrons. The molecule has 5 heteroatoms. The van der Waals surface area contributed by atoms with Crippen LogP contribution in [0.5, 0.6) is 0 Å². The average molecular weight is 206 g/mol. The van der Waals surface area contributed by atoms with E-state index in [2.05, 4.69) is 4.90 Å². The van der Waals surface area contributed by atoms with Gasteiger partial charge in [-0.15, -0.1) is 0 Å². The van der Waals surface area contributed by atoms with Crippen molar-refractivity contribution in [2.75, 3.05) is 50.9 Å². The fourth-order valence-electron chi connectivity index (χ4n) is 1.29. The van der Waals surface area contributed by atoms with Crippen molar-refractivity contribution in [2.45, 2.75) is 0 Å². The number of hydrogen-bond donors (Lipinski definition) is 1. The highest BCUT2D eigenvalue weighted by Gasteiger charge is 2.10. The van der Waals surface area contributed by atoms with Gasteiger partial charge in [0.1, 0.15) is 0 Å². The first-order valence-corrected chi connectivity index (χ1v) is 6.17. The summed E-state index contributed by atoms with van der Waals surface area (Å²) in [5.41, 5.74) is 5.31. The molecule has 0 aliphatic carbocycles. The van der Waals surface area contributed by atoms with Crippen molar-refractivity contribution in [3.63, 3.8) is 0 Å². The van der Waals surface area contributed by atoms with Gasteiger partial charge >= 0.3 is 0 Å². The zero-order valence-corrected chi connectivity index (χ0v) is 8.72. The molecule has 4 nitrogen and oxygen atoms in total.